The van der Waals surface area contributed by atoms with E-state index in [0.717, 1.165) is 12.0 Å². The van der Waals surface area contributed by atoms with Gasteiger partial charge in [0.1, 0.15) is 11.5 Å². The number of hydrogen-bond donors (Lipinski definition) is 3. The molecule has 2 aromatic rings. The van der Waals surface area contributed by atoms with E-state index in [1.807, 2.05) is 26.0 Å². The smallest absolute Gasteiger partial charge is 0.349 e. The van der Waals surface area contributed by atoms with Crippen molar-refractivity contribution < 1.29 is 24.5 Å². The highest BCUT2D eigenvalue weighted by Crippen LogP contribution is 2.39. The van der Waals surface area contributed by atoms with Crippen molar-refractivity contribution in [2.24, 2.45) is 0 Å². The van der Waals surface area contributed by atoms with Crippen LogP contribution in [0.2, 0.25) is 0 Å². The maximum absolute atomic E-state index is 12.3. The first-order valence-corrected chi connectivity index (χ1v) is 10.8. The molecule has 0 bridgehead atoms. The number of ether oxygens (including phenoxy) is 1. The predicted molar refractivity (Wildman–Crippen MR) is 121 cm³/mol. The fourth-order valence-corrected chi connectivity index (χ4v) is 3.60. The number of nitrogens with one attached hydrogen (secondary N) is 1. The van der Waals surface area contributed by atoms with Crippen molar-refractivity contribution in [1.82, 2.24) is 5.32 Å². The molecule has 0 saturated carbocycles. The normalized spacial score (nSPS) is 11.9. The largest absolute Gasteiger partial charge is 0.507 e. The molecule has 1 amide bonds. The van der Waals surface area contributed by atoms with E-state index in [2.05, 4.69) is 19.2 Å². The molecule has 6 heteroatoms. The Morgan fingerprint density at radius 1 is 1.03 bits per heavy atom. The average molecular weight is 428 g/mol. The van der Waals surface area contributed by atoms with Crippen LogP contribution in [-0.2, 0) is 17.6 Å². The lowest BCUT2D eigenvalue weighted by Gasteiger charge is -2.23. The summed E-state index contributed by atoms with van der Waals surface area (Å²) in [5, 5.41) is 23.3. The first-order valence-electron chi connectivity index (χ1n) is 10.8. The van der Waals surface area contributed by atoms with Gasteiger partial charge in [0, 0.05) is 18.2 Å². The third-order valence-corrected chi connectivity index (χ3v) is 5.28. The zero-order valence-corrected chi connectivity index (χ0v) is 19.0. The minimum Gasteiger partial charge on any atom is -0.507 e. The Hall–Kier alpha value is -3.02. The highest BCUT2D eigenvalue weighted by Gasteiger charge is 2.28. The van der Waals surface area contributed by atoms with Crippen LogP contribution in [-0.4, -0.2) is 29.1 Å². The molecule has 0 heterocycles. The second-order valence-electron chi connectivity index (χ2n) is 7.98. The summed E-state index contributed by atoms with van der Waals surface area (Å²) in [4.78, 5) is 24.4. The number of amides is 1. The predicted octanol–water partition coefficient (Wildman–Crippen LogP) is 4.98. The van der Waals surface area contributed by atoms with Gasteiger partial charge in [-0.15, -0.1) is 0 Å². The number of phenols is 1. The van der Waals surface area contributed by atoms with Crippen LogP contribution in [0.4, 0.5) is 0 Å². The van der Waals surface area contributed by atoms with Crippen molar-refractivity contribution in [1.29, 1.82) is 0 Å². The quantitative estimate of drug-likeness (QED) is 0.497. The minimum absolute atomic E-state index is 0.157. The Morgan fingerprint density at radius 3 is 2.10 bits per heavy atom. The van der Waals surface area contributed by atoms with Crippen LogP contribution in [0.5, 0.6) is 11.5 Å². The number of carbonyl (C=O) groups excluding carboxylic acids is 1. The third kappa shape index (κ3) is 5.57. The molecule has 0 aliphatic carbocycles. The zero-order valence-electron chi connectivity index (χ0n) is 19.0. The Morgan fingerprint density at radius 2 is 1.61 bits per heavy atom. The Kier molecular flexibility index (Phi) is 8.48. The van der Waals surface area contributed by atoms with E-state index >= 15 is 0 Å². The molecule has 1 unspecified atom stereocenters. The summed E-state index contributed by atoms with van der Waals surface area (Å²) < 4.78 is 6.09. The van der Waals surface area contributed by atoms with Gasteiger partial charge in [-0.25, -0.2) is 4.79 Å². The van der Waals surface area contributed by atoms with Crippen LogP contribution in [0.1, 0.15) is 85.2 Å². The number of rotatable bonds is 10. The summed E-state index contributed by atoms with van der Waals surface area (Å²) in [6.07, 6.45) is 1.31. The monoisotopic (exact) mass is 427 g/mol. The standard InChI is InChI=1S/C25H33NO5/c1-6-8-18-14-20(24(28)26-5)21(27)19(9-7-2)22(18)31-23(25(29)30)17-12-10-16(11-13-17)15(3)4/h10-15,23,27H,6-9H2,1-5H3,(H,26,28)(H,29,30). The van der Waals surface area contributed by atoms with Gasteiger partial charge >= 0.3 is 5.97 Å². The fraction of sp³-hybridized carbons (Fsp3) is 0.440. The van der Waals surface area contributed by atoms with Gasteiger partial charge in [-0.05, 0) is 36.0 Å². The Balaban J connectivity index is 2.60. The molecule has 0 aliphatic rings. The molecule has 0 saturated heterocycles. The molecule has 1 atom stereocenters. The van der Waals surface area contributed by atoms with Gasteiger partial charge in [0.05, 0.1) is 5.56 Å². The number of phenolic OH excluding ortho intramolecular Hbond substituents is 1. The fourth-order valence-electron chi connectivity index (χ4n) is 3.60. The molecule has 2 rings (SSSR count). The lowest BCUT2D eigenvalue weighted by atomic mass is 9.95. The van der Waals surface area contributed by atoms with Crippen LogP contribution in [0, 0.1) is 0 Å². The maximum atomic E-state index is 12.3. The van der Waals surface area contributed by atoms with Crippen LogP contribution in [0.15, 0.2) is 30.3 Å². The first-order chi connectivity index (χ1) is 14.7. The van der Waals surface area contributed by atoms with Gasteiger partial charge < -0.3 is 20.3 Å². The average Bonchev–Trinajstić information content (AvgIpc) is 2.74. The molecular formula is C25H33NO5. The summed E-state index contributed by atoms with van der Waals surface area (Å²) in [5.74, 6) is -0.973. The van der Waals surface area contributed by atoms with Crippen LogP contribution in [0.3, 0.4) is 0 Å². The molecule has 3 N–H and O–H groups in total. The van der Waals surface area contributed by atoms with Gasteiger partial charge in [-0.1, -0.05) is 64.8 Å². The minimum atomic E-state index is -1.22. The lowest BCUT2D eigenvalue weighted by Crippen LogP contribution is -2.22. The summed E-state index contributed by atoms with van der Waals surface area (Å²) in [6, 6.07) is 8.96. The second kappa shape index (κ2) is 10.8. The number of carboxylic acid groups (broad SMARTS) is 1. The molecule has 0 aliphatic heterocycles. The third-order valence-electron chi connectivity index (χ3n) is 5.28. The van der Waals surface area contributed by atoms with Gasteiger partial charge in [0.25, 0.3) is 5.91 Å². The molecule has 168 valence electrons. The number of carbonyl (C=O) groups is 2. The first kappa shape index (κ1) is 24.3. The number of benzene rings is 2. The molecule has 31 heavy (non-hydrogen) atoms. The number of aromatic hydroxyl groups is 1. The number of aliphatic carboxylic acids is 1. The highest BCUT2D eigenvalue weighted by molar-refractivity contribution is 5.97. The Labute approximate surface area is 184 Å². The van der Waals surface area contributed by atoms with E-state index in [9.17, 15) is 19.8 Å². The van der Waals surface area contributed by atoms with Gasteiger partial charge in [-0.2, -0.15) is 0 Å². The number of carboxylic acids is 1. The molecule has 0 fully saturated rings. The van der Waals surface area contributed by atoms with Crippen molar-refractivity contribution in [3.63, 3.8) is 0 Å². The molecule has 2 aromatic carbocycles. The second-order valence-corrected chi connectivity index (χ2v) is 7.98. The van der Waals surface area contributed by atoms with E-state index in [1.165, 1.54) is 7.05 Å². The van der Waals surface area contributed by atoms with E-state index < -0.39 is 18.0 Å². The number of aryl methyl sites for hydroxylation is 1. The number of hydrogen-bond acceptors (Lipinski definition) is 4. The van der Waals surface area contributed by atoms with Gasteiger partial charge in [0.2, 0.25) is 6.10 Å². The van der Waals surface area contributed by atoms with Crippen LogP contribution < -0.4 is 10.1 Å². The van der Waals surface area contributed by atoms with E-state index in [1.54, 1.807) is 18.2 Å². The molecule has 0 spiro atoms. The topological polar surface area (TPSA) is 95.9 Å². The van der Waals surface area contributed by atoms with Gasteiger partial charge in [-0.3, -0.25) is 4.79 Å². The summed E-state index contributed by atoms with van der Waals surface area (Å²) >= 11 is 0. The van der Waals surface area contributed by atoms with Crippen molar-refractivity contribution in [2.45, 2.75) is 65.4 Å². The van der Waals surface area contributed by atoms with E-state index in [4.69, 9.17) is 4.74 Å². The van der Waals surface area contributed by atoms with Crippen molar-refractivity contribution >= 4 is 11.9 Å². The molecule has 0 radical (unpaired) electrons. The molecule has 6 nitrogen and oxygen atoms in total. The lowest BCUT2D eigenvalue weighted by molar-refractivity contribution is -0.145. The maximum Gasteiger partial charge on any atom is 0.349 e. The van der Waals surface area contributed by atoms with Crippen molar-refractivity contribution in [2.75, 3.05) is 7.05 Å². The van der Waals surface area contributed by atoms with E-state index in [0.29, 0.717) is 47.6 Å². The highest BCUT2D eigenvalue weighted by atomic mass is 16.5. The van der Waals surface area contributed by atoms with E-state index in [-0.39, 0.29) is 11.3 Å². The van der Waals surface area contributed by atoms with Gasteiger partial charge in [0.15, 0.2) is 0 Å². The zero-order chi connectivity index (χ0) is 23.1. The summed E-state index contributed by atoms with van der Waals surface area (Å²) in [5.41, 5.74) is 3.00. The van der Waals surface area contributed by atoms with Crippen LogP contribution >= 0.6 is 0 Å². The van der Waals surface area contributed by atoms with Crippen molar-refractivity contribution in [3.05, 3.63) is 58.1 Å². The SMILES string of the molecule is CCCc1cc(C(=O)NC)c(O)c(CCC)c1OC(C(=O)O)c1ccc(C(C)C)cc1. The molecular weight excluding hydrogens is 394 g/mol. The summed E-state index contributed by atoms with van der Waals surface area (Å²) in [6.45, 7) is 8.10. The Bertz CT molecular complexity index is 918. The summed E-state index contributed by atoms with van der Waals surface area (Å²) in [7, 11) is 1.51. The van der Waals surface area contributed by atoms with Crippen molar-refractivity contribution in [3.8, 4) is 11.5 Å². The van der Waals surface area contributed by atoms with Crippen LogP contribution in [0.25, 0.3) is 0 Å². The molecule has 0 aromatic heterocycles.